The van der Waals surface area contributed by atoms with Gasteiger partial charge in [-0.05, 0) is 12.1 Å². The van der Waals surface area contributed by atoms with Crippen molar-refractivity contribution < 1.29 is 19.7 Å². The molecule has 0 aromatic heterocycles. The first-order chi connectivity index (χ1) is 10.4. The zero-order chi connectivity index (χ0) is 16.3. The van der Waals surface area contributed by atoms with E-state index in [-0.39, 0.29) is 22.6 Å². The quantitative estimate of drug-likeness (QED) is 0.657. The van der Waals surface area contributed by atoms with Crippen LogP contribution in [0.3, 0.4) is 0 Å². The van der Waals surface area contributed by atoms with Crippen molar-refractivity contribution in [3.8, 4) is 5.75 Å². The van der Waals surface area contributed by atoms with Crippen LogP contribution in [0.5, 0.6) is 5.75 Å². The maximum absolute atomic E-state index is 12.1. The van der Waals surface area contributed by atoms with E-state index in [0.717, 1.165) is 18.2 Å². The molecule has 2 aromatic rings. The Morgan fingerprint density at radius 1 is 1.05 bits per heavy atom. The largest absolute Gasteiger partial charge is 0.507 e. The summed E-state index contributed by atoms with van der Waals surface area (Å²) in [6.07, 6.45) is 0. The van der Waals surface area contributed by atoms with Gasteiger partial charge in [-0.1, -0.05) is 12.1 Å². The van der Waals surface area contributed by atoms with E-state index in [9.17, 15) is 30.1 Å². The zero-order valence-corrected chi connectivity index (χ0v) is 10.9. The first kappa shape index (κ1) is 14.9. The second kappa shape index (κ2) is 5.87. The predicted molar refractivity (Wildman–Crippen MR) is 75.8 cm³/mol. The summed E-state index contributed by atoms with van der Waals surface area (Å²) in [7, 11) is 0. The van der Waals surface area contributed by atoms with Crippen LogP contribution < -0.4 is 5.32 Å². The van der Waals surface area contributed by atoms with Crippen molar-refractivity contribution in [2.24, 2.45) is 0 Å². The highest BCUT2D eigenvalue weighted by molar-refractivity contribution is 6.07. The minimum atomic E-state index is -0.893. The molecule has 0 unspecified atom stereocenters. The van der Waals surface area contributed by atoms with Gasteiger partial charge in [-0.3, -0.25) is 25.0 Å². The molecule has 0 aliphatic heterocycles. The lowest BCUT2D eigenvalue weighted by Gasteiger charge is -2.07. The number of nitrogens with one attached hydrogen (secondary N) is 1. The molecule has 2 N–H and O–H groups in total. The van der Waals surface area contributed by atoms with Crippen LogP contribution in [0.4, 0.5) is 17.1 Å². The average molecular weight is 303 g/mol. The number of rotatable bonds is 4. The Bertz CT molecular complexity index is 774. The van der Waals surface area contributed by atoms with E-state index in [2.05, 4.69) is 5.32 Å². The molecule has 2 rings (SSSR count). The third-order valence-corrected chi connectivity index (χ3v) is 2.78. The molecular formula is C13H9N3O6. The fraction of sp³-hybridized carbons (Fsp3) is 0. The SMILES string of the molecule is O=C(Nc1ccccc1[N+](=O)[O-])c1cc([N+](=O)[O-])ccc1O. The topological polar surface area (TPSA) is 136 Å². The van der Waals surface area contributed by atoms with Crippen LogP contribution in [-0.4, -0.2) is 20.9 Å². The first-order valence-electron chi connectivity index (χ1n) is 5.92. The molecule has 0 aliphatic rings. The number of benzene rings is 2. The molecule has 0 fully saturated rings. The number of nitro benzene ring substituents is 2. The Morgan fingerprint density at radius 3 is 2.36 bits per heavy atom. The second-order valence-electron chi connectivity index (χ2n) is 4.19. The van der Waals surface area contributed by atoms with Crippen molar-refractivity contribution in [1.82, 2.24) is 0 Å². The van der Waals surface area contributed by atoms with Gasteiger partial charge in [-0.2, -0.15) is 0 Å². The highest BCUT2D eigenvalue weighted by atomic mass is 16.6. The molecular weight excluding hydrogens is 294 g/mol. The monoisotopic (exact) mass is 303 g/mol. The van der Waals surface area contributed by atoms with Gasteiger partial charge in [0.2, 0.25) is 0 Å². The number of nitrogens with zero attached hydrogens (tertiary/aromatic N) is 2. The lowest BCUT2D eigenvalue weighted by molar-refractivity contribution is -0.384. The molecule has 9 nitrogen and oxygen atoms in total. The van der Waals surface area contributed by atoms with Crippen molar-refractivity contribution in [2.75, 3.05) is 5.32 Å². The predicted octanol–water partition coefficient (Wildman–Crippen LogP) is 2.46. The average Bonchev–Trinajstić information content (AvgIpc) is 2.47. The standard InChI is InChI=1S/C13H9N3O6/c17-12-6-5-8(15(19)20)7-9(12)13(18)14-10-3-1-2-4-11(10)16(21)22/h1-7,17H,(H,14,18). The van der Waals surface area contributed by atoms with Crippen LogP contribution in [0.1, 0.15) is 10.4 Å². The molecule has 0 atom stereocenters. The molecule has 0 spiro atoms. The Labute approximate surface area is 123 Å². The van der Waals surface area contributed by atoms with E-state index in [4.69, 9.17) is 0 Å². The zero-order valence-electron chi connectivity index (χ0n) is 10.9. The number of phenols is 1. The van der Waals surface area contributed by atoms with Crippen LogP contribution >= 0.6 is 0 Å². The number of carbonyl (C=O) groups is 1. The molecule has 1 amide bonds. The number of hydrogen-bond acceptors (Lipinski definition) is 6. The first-order valence-corrected chi connectivity index (χ1v) is 5.92. The molecule has 0 bridgehead atoms. The molecule has 0 saturated carbocycles. The fourth-order valence-corrected chi connectivity index (χ4v) is 1.75. The van der Waals surface area contributed by atoms with Gasteiger partial charge >= 0.3 is 0 Å². The Balaban J connectivity index is 2.36. The molecule has 9 heteroatoms. The van der Waals surface area contributed by atoms with E-state index < -0.39 is 21.5 Å². The Kier molecular flexibility index (Phi) is 3.98. The minimum absolute atomic E-state index is 0.0802. The van der Waals surface area contributed by atoms with Gasteiger partial charge in [0.1, 0.15) is 11.4 Å². The molecule has 112 valence electrons. The Hall–Kier alpha value is -3.49. The molecule has 0 aliphatic carbocycles. The van der Waals surface area contributed by atoms with E-state index in [1.54, 1.807) is 0 Å². The third kappa shape index (κ3) is 2.98. The summed E-state index contributed by atoms with van der Waals surface area (Å²) in [5, 5.41) is 33.4. The third-order valence-electron chi connectivity index (χ3n) is 2.78. The van der Waals surface area contributed by atoms with Crippen LogP contribution in [0.15, 0.2) is 42.5 Å². The number of anilines is 1. The van der Waals surface area contributed by atoms with Gasteiger partial charge in [0.25, 0.3) is 17.3 Å². The van der Waals surface area contributed by atoms with Gasteiger partial charge in [-0.25, -0.2) is 0 Å². The summed E-state index contributed by atoms with van der Waals surface area (Å²) >= 11 is 0. The number of nitro groups is 2. The van der Waals surface area contributed by atoms with Gasteiger partial charge in [0, 0.05) is 18.2 Å². The summed E-state index contributed by atoms with van der Waals surface area (Å²) in [4.78, 5) is 32.2. The van der Waals surface area contributed by atoms with E-state index in [0.29, 0.717) is 0 Å². The van der Waals surface area contributed by atoms with E-state index in [1.165, 1.54) is 24.3 Å². The molecule has 2 aromatic carbocycles. The Morgan fingerprint density at radius 2 is 1.73 bits per heavy atom. The summed E-state index contributed by atoms with van der Waals surface area (Å²) < 4.78 is 0. The second-order valence-corrected chi connectivity index (χ2v) is 4.19. The highest BCUT2D eigenvalue weighted by Gasteiger charge is 2.20. The number of carbonyl (C=O) groups excluding carboxylic acids is 1. The number of non-ortho nitro benzene ring substituents is 1. The maximum Gasteiger partial charge on any atom is 0.292 e. The highest BCUT2D eigenvalue weighted by Crippen LogP contribution is 2.27. The van der Waals surface area contributed by atoms with Gasteiger partial charge in [0.15, 0.2) is 0 Å². The van der Waals surface area contributed by atoms with Crippen molar-refractivity contribution in [1.29, 1.82) is 0 Å². The maximum atomic E-state index is 12.1. The van der Waals surface area contributed by atoms with Crippen LogP contribution in [0.25, 0.3) is 0 Å². The van der Waals surface area contributed by atoms with E-state index >= 15 is 0 Å². The van der Waals surface area contributed by atoms with Crippen molar-refractivity contribution in [3.63, 3.8) is 0 Å². The molecule has 22 heavy (non-hydrogen) atoms. The summed E-state index contributed by atoms with van der Waals surface area (Å²) in [6, 6.07) is 8.35. The van der Waals surface area contributed by atoms with Gasteiger partial charge in [0.05, 0.1) is 15.4 Å². The van der Waals surface area contributed by atoms with Crippen molar-refractivity contribution in [2.45, 2.75) is 0 Å². The van der Waals surface area contributed by atoms with Crippen LogP contribution in [0.2, 0.25) is 0 Å². The van der Waals surface area contributed by atoms with Gasteiger partial charge < -0.3 is 10.4 Å². The summed E-state index contributed by atoms with van der Waals surface area (Å²) in [6.45, 7) is 0. The van der Waals surface area contributed by atoms with Crippen molar-refractivity contribution in [3.05, 3.63) is 68.3 Å². The minimum Gasteiger partial charge on any atom is -0.507 e. The van der Waals surface area contributed by atoms with Crippen LogP contribution in [0, 0.1) is 20.2 Å². The lowest BCUT2D eigenvalue weighted by Crippen LogP contribution is -2.13. The summed E-state index contributed by atoms with van der Waals surface area (Å²) in [5.74, 6) is -1.36. The number of para-hydroxylation sites is 2. The fourth-order valence-electron chi connectivity index (χ4n) is 1.75. The number of phenolic OH excluding ortho intramolecular Hbond substituents is 1. The number of amides is 1. The van der Waals surface area contributed by atoms with E-state index in [1.807, 2.05) is 0 Å². The van der Waals surface area contributed by atoms with Crippen LogP contribution in [-0.2, 0) is 0 Å². The summed E-state index contributed by atoms with van der Waals surface area (Å²) in [5.41, 5.74) is -1.15. The normalized spacial score (nSPS) is 10.0. The van der Waals surface area contributed by atoms with Gasteiger partial charge in [-0.15, -0.1) is 0 Å². The number of aromatic hydroxyl groups is 1. The molecule has 0 saturated heterocycles. The smallest absolute Gasteiger partial charge is 0.292 e. The number of hydrogen-bond donors (Lipinski definition) is 2. The lowest BCUT2D eigenvalue weighted by atomic mass is 10.1. The molecule has 0 heterocycles. The molecule has 0 radical (unpaired) electrons. The van der Waals surface area contributed by atoms with Crippen molar-refractivity contribution >= 4 is 23.0 Å².